The van der Waals surface area contributed by atoms with E-state index >= 15 is 0 Å². The molecule has 0 unspecified atom stereocenters. The third-order valence-corrected chi connectivity index (χ3v) is 7.15. The van der Waals surface area contributed by atoms with Crippen LogP contribution in [-0.2, 0) is 16.0 Å². The predicted octanol–water partition coefficient (Wildman–Crippen LogP) is 2.31. The van der Waals surface area contributed by atoms with Crippen LogP contribution in [0.25, 0.3) is 11.0 Å². The van der Waals surface area contributed by atoms with Gasteiger partial charge in [-0.15, -0.1) is 0 Å². The highest BCUT2D eigenvalue weighted by Crippen LogP contribution is 2.39. The second kappa shape index (κ2) is 9.55. The number of aryl methyl sites for hydroxylation is 2. The van der Waals surface area contributed by atoms with Crippen LogP contribution in [0.1, 0.15) is 50.2 Å². The van der Waals surface area contributed by atoms with Crippen LogP contribution in [0.2, 0.25) is 0 Å². The van der Waals surface area contributed by atoms with Gasteiger partial charge in [0.2, 0.25) is 5.91 Å². The summed E-state index contributed by atoms with van der Waals surface area (Å²) in [6, 6.07) is 5.07. The summed E-state index contributed by atoms with van der Waals surface area (Å²) in [5, 5.41) is 14.2. The fourth-order valence-corrected chi connectivity index (χ4v) is 5.13. The van der Waals surface area contributed by atoms with Crippen molar-refractivity contribution in [2.75, 3.05) is 26.2 Å². The number of amides is 2. The van der Waals surface area contributed by atoms with Gasteiger partial charge in [0.25, 0.3) is 5.91 Å². The van der Waals surface area contributed by atoms with Gasteiger partial charge < -0.3 is 24.5 Å². The Kier molecular flexibility index (Phi) is 6.74. The number of carbonyl (C=O) groups is 2. The van der Waals surface area contributed by atoms with Gasteiger partial charge in [-0.3, -0.25) is 9.59 Å². The monoisotopic (exact) mass is 456 g/mol. The first-order valence-electron chi connectivity index (χ1n) is 11.8. The van der Waals surface area contributed by atoms with Gasteiger partial charge in [-0.1, -0.05) is 19.8 Å². The van der Waals surface area contributed by atoms with E-state index in [4.69, 9.17) is 9.15 Å². The number of hydrogen-bond donors (Lipinski definition) is 2. The molecule has 8 nitrogen and oxygen atoms in total. The molecule has 178 valence electrons. The number of carbonyl (C=O) groups excluding carboxylic acids is 2. The van der Waals surface area contributed by atoms with Crippen LogP contribution in [0.15, 0.2) is 27.4 Å². The van der Waals surface area contributed by atoms with Crippen LogP contribution >= 0.6 is 0 Å². The lowest BCUT2D eigenvalue weighted by atomic mass is 9.71. The topological polar surface area (TPSA) is 109 Å². The summed E-state index contributed by atoms with van der Waals surface area (Å²) in [6.07, 6.45) is 5.17. The van der Waals surface area contributed by atoms with E-state index in [1.807, 2.05) is 13.0 Å². The zero-order chi connectivity index (χ0) is 23.6. The van der Waals surface area contributed by atoms with Gasteiger partial charge in [-0.05, 0) is 50.3 Å². The van der Waals surface area contributed by atoms with Gasteiger partial charge in [0.15, 0.2) is 6.61 Å². The fraction of sp³-hybridized carbons (Fsp3) is 0.560. The van der Waals surface area contributed by atoms with Crippen molar-refractivity contribution < 1.29 is 23.8 Å². The average Bonchev–Trinajstić information content (AvgIpc) is 2.81. The molecule has 1 saturated carbocycles. The maximum absolute atomic E-state index is 12.6. The van der Waals surface area contributed by atoms with Crippen molar-refractivity contribution in [3.05, 3.63) is 39.7 Å². The molecule has 1 aliphatic heterocycles. The molecule has 0 radical (unpaired) electrons. The lowest BCUT2D eigenvalue weighted by Crippen LogP contribution is -2.56. The largest absolute Gasteiger partial charge is 0.483 e. The smallest absolute Gasteiger partial charge is 0.336 e. The van der Waals surface area contributed by atoms with Crippen LogP contribution in [0.3, 0.4) is 0 Å². The minimum absolute atomic E-state index is 0.0984. The number of nitrogens with zero attached hydrogens (tertiary/aromatic N) is 1. The highest BCUT2D eigenvalue weighted by Gasteiger charge is 2.43. The van der Waals surface area contributed by atoms with Gasteiger partial charge in [0.1, 0.15) is 11.3 Å². The molecule has 2 fully saturated rings. The molecular formula is C25H32N2O6. The van der Waals surface area contributed by atoms with Crippen molar-refractivity contribution in [1.82, 2.24) is 10.2 Å². The molecule has 1 aromatic heterocycles. The molecule has 2 atom stereocenters. The minimum Gasteiger partial charge on any atom is -0.483 e. The lowest BCUT2D eigenvalue weighted by Gasteiger charge is -2.47. The number of fused-ring (bicyclic) bond motifs is 2. The van der Waals surface area contributed by atoms with Gasteiger partial charge in [0.05, 0.1) is 12.1 Å². The average molecular weight is 457 g/mol. The first-order chi connectivity index (χ1) is 15.8. The SMILES string of the molecule is CCc1cc(=O)oc2c(C)c(OCC(=O)NCC(=O)N3CC[C@@]4(O)CCCC[C@@H]4C3)ccc12. The Morgan fingerprint density at radius 3 is 2.91 bits per heavy atom. The summed E-state index contributed by atoms with van der Waals surface area (Å²) in [6.45, 7) is 4.46. The predicted molar refractivity (Wildman–Crippen MR) is 123 cm³/mol. The maximum Gasteiger partial charge on any atom is 0.336 e. The molecule has 2 amide bonds. The number of hydrogen-bond acceptors (Lipinski definition) is 6. The number of piperidine rings is 1. The Hall–Kier alpha value is -2.87. The summed E-state index contributed by atoms with van der Waals surface area (Å²) in [5.74, 6) is 0.0182. The molecule has 4 rings (SSSR count). The minimum atomic E-state index is -0.638. The summed E-state index contributed by atoms with van der Waals surface area (Å²) in [5.41, 5.74) is 0.954. The molecule has 2 aromatic rings. The Bertz CT molecular complexity index is 1110. The van der Waals surface area contributed by atoms with E-state index in [1.54, 1.807) is 17.9 Å². The van der Waals surface area contributed by atoms with E-state index in [1.165, 1.54) is 6.07 Å². The molecule has 1 aliphatic carbocycles. The van der Waals surface area contributed by atoms with E-state index in [9.17, 15) is 19.5 Å². The zero-order valence-electron chi connectivity index (χ0n) is 19.3. The molecular weight excluding hydrogens is 424 g/mol. The molecule has 2 N–H and O–H groups in total. The van der Waals surface area contributed by atoms with E-state index in [0.717, 1.165) is 36.6 Å². The standard InChI is InChI=1S/C25H32N2O6/c1-3-17-12-23(30)33-24-16(2)20(8-7-19(17)24)32-15-21(28)26-13-22(29)27-11-10-25(31)9-5-4-6-18(25)14-27/h7-8,12,18,31H,3-6,9-11,13-15H2,1-2H3,(H,26,28)/t18-,25+/m1/s1. The fourth-order valence-electron chi connectivity index (χ4n) is 5.13. The number of rotatable bonds is 6. The molecule has 1 saturated heterocycles. The van der Waals surface area contributed by atoms with E-state index in [-0.39, 0.29) is 25.0 Å². The molecule has 0 bridgehead atoms. The number of likely N-dealkylation sites (tertiary alicyclic amines) is 1. The number of aliphatic hydroxyl groups is 1. The summed E-state index contributed by atoms with van der Waals surface area (Å²) >= 11 is 0. The van der Waals surface area contributed by atoms with Crippen molar-refractivity contribution in [2.24, 2.45) is 5.92 Å². The van der Waals surface area contributed by atoms with Crippen molar-refractivity contribution in [3.63, 3.8) is 0 Å². The van der Waals surface area contributed by atoms with Gasteiger partial charge in [-0.25, -0.2) is 4.79 Å². The van der Waals surface area contributed by atoms with Crippen LogP contribution in [0.4, 0.5) is 0 Å². The first-order valence-corrected chi connectivity index (χ1v) is 11.8. The quantitative estimate of drug-likeness (QED) is 0.646. The molecule has 8 heteroatoms. The van der Waals surface area contributed by atoms with Gasteiger partial charge >= 0.3 is 5.63 Å². The molecule has 1 aromatic carbocycles. The summed E-state index contributed by atoms with van der Waals surface area (Å²) < 4.78 is 11.0. The Balaban J connectivity index is 1.31. The third-order valence-electron chi connectivity index (χ3n) is 7.15. The van der Waals surface area contributed by atoms with Crippen LogP contribution < -0.4 is 15.7 Å². The van der Waals surface area contributed by atoms with Crippen LogP contribution in [0, 0.1) is 12.8 Å². The van der Waals surface area contributed by atoms with Gasteiger partial charge in [0, 0.05) is 36.0 Å². The van der Waals surface area contributed by atoms with Crippen molar-refractivity contribution in [3.8, 4) is 5.75 Å². The summed E-state index contributed by atoms with van der Waals surface area (Å²) in [4.78, 5) is 38.5. The highest BCUT2D eigenvalue weighted by molar-refractivity contribution is 5.86. The lowest BCUT2D eigenvalue weighted by molar-refractivity contribution is -0.143. The van der Waals surface area contributed by atoms with Crippen LogP contribution in [-0.4, -0.2) is 53.7 Å². The first kappa shape index (κ1) is 23.3. The molecule has 33 heavy (non-hydrogen) atoms. The van der Waals surface area contributed by atoms with E-state index < -0.39 is 17.1 Å². The van der Waals surface area contributed by atoms with Crippen molar-refractivity contribution in [2.45, 2.75) is 58.0 Å². The number of ether oxygens (including phenoxy) is 1. The molecule has 0 spiro atoms. The Morgan fingerprint density at radius 1 is 1.30 bits per heavy atom. The zero-order valence-corrected chi connectivity index (χ0v) is 19.3. The summed E-state index contributed by atoms with van der Waals surface area (Å²) in [7, 11) is 0. The van der Waals surface area contributed by atoms with Crippen molar-refractivity contribution in [1.29, 1.82) is 0 Å². The Morgan fingerprint density at radius 2 is 2.12 bits per heavy atom. The van der Waals surface area contributed by atoms with Crippen molar-refractivity contribution >= 4 is 22.8 Å². The molecule has 2 aliphatic rings. The normalized spacial score (nSPS) is 22.6. The van der Waals surface area contributed by atoms with E-state index in [2.05, 4.69) is 5.32 Å². The second-order valence-electron chi connectivity index (χ2n) is 9.21. The number of benzene rings is 1. The van der Waals surface area contributed by atoms with Crippen LogP contribution in [0.5, 0.6) is 5.75 Å². The maximum atomic E-state index is 12.6. The number of nitrogens with one attached hydrogen (secondary N) is 1. The highest BCUT2D eigenvalue weighted by atomic mass is 16.5. The second-order valence-corrected chi connectivity index (χ2v) is 9.21. The molecule has 2 heterocycles. The third kappa shape index (κ3) is 4.90. The van der Waals surface area contributed by atoms with Gasteiger partial charge in [-0.2, -0.15) is 0 Å². The van der Waals surface area contributed by atoms with E-state index in [0.29, 0.717) is 42.8 Å². The Labute approximate surface area is 192 Å².